The third-order valence-corrected chi connectivity index (χ3v) is 3.57. The number of aromatic nitrogens is 1. The van der Waals surface area contributed by atoms with Crippen LogP contribution < -0.4 is 10.6 Å². The van der Waals surface area contributed by atoms with Gasteiger partial charge in [-0.1, -0.05) is 35.5 Å². The number of rotatable bonds is 5. The van der Waals surface area contributed by atoms with Crippen molar-refractivity contribution in [2.45, 2.75) is 25.5 Å². The summed E-state index contributed by atoms with van der Waals surface area (Å²) in [6.07, 6.45) is 2.21. The molecule has 2 amide bonds. The van der Waals surface area contributed by atoms with Crippen LogP contribution in [0.2, 0.25) is 0 Å². The lowest BCUT2D eigenvalue weighted by molar-refractivity contribution is 0.111. The zero-order chi connectivity index (χ0) is 15.2. The summed E-state index contributed by atoms with van der Waals surface area (Å²) in [5, 5.41) is 9.55. The number of carbonyl (C=O) groups is 1. The predicted molar refractivity (Wildman–Crippen MR) is 81.2 cm³/mol. The molecule has 6 heteroatoms. The molecule has 2 N–H and O–H groups in total. The lowest BCUT2D eigenvalue weighted by atomic mass is 10.1. The van der Waals surface area contributed by atoms with Gasteiger partial charge in [-0.05, 0) is 12.8 Å². The molecule has 1 aromatic heterocycles. The van der Waals surface area contributed by atoms with Gasteiger partial charge >= 0.3 is 6.03 Å². The summed E-state index contributed by atoms with van der Waals surface area (Å²) in [5.41, 5.74) is 1.75. The molecule has 1 atom stereocenters. The summed E-state index contributed by atoms with van der Waals surface area (Å²) in [6, 6.07) is 11.4. The molecule has 2 aromatic rings. The van der Waals surface area contributed by atoms with E-state index in [1.165, 1.54) is 0 Å². The van der Waals surface area contributed by atoms with Crippen LogP contribution in [0.25, 0.3) is 11.3 Å². The zero-order valence-corrected chi connectivity index (χ0v) is 12.2. The third-order valence-electron chi connectivity index (χ3n) is 3.57. The van der Waals surface area contributed by atoms with Gasteiger partial charge in [-0.25, -0.2) is 4.79 Å². The minimum Gasteiger partial charge on any atom is -0.376 e. The molecule has 0 bridgehead atoms. The molecule has 1 fully saturated rings. The summed E-state index contributed by atoms with van der Waals surface area (Å²) in [6.45, 7) is 1.63. The fourth-order valence-corrected chi connectivity index (χ4v) is 2.38. The van der Waals surface area contributed by atoms with Gasteiger partial charge in [-0.15, -0.1) is 0 Å². The molecule has 0 saturated carbocycles. The first-order valence-electron chi connectivity index (χ1n) is 7.45. The Kier molecular flexibility index (Phi) is 4.70. The van der Waals surface area contributed by atoms with Crippen molar-refractivity contribution < 1.29 is 14.1 Å². The summed E-state index contributed by atoms with van der Waals surface area (Å²) in [5.74, 6) is 0.617. The summed E-state index contributed by atoms with van der Waals surface area (Å²) >= 11 is 0. The Labute approximate surface area is 128 Å². The second-order valence-electron chi connectivity index (χ2n) is 5.24. The quantitative estimate of drug-likeness (QED) is 0.888. The smallest absolute Gasteiger partial charge is 0.315 e. The molecule has 0 spiro atoms. The Hall–Kier alpha value is -2.34. The monoisotopic (exact) mass is 301 g/mol. The van der Waals surface area contributed by atoms with Crippen molar-refractivity contribution in [1.29, 1.82) is 0 Å². The summed E-state index contributed by atoms with van der Waals surface area (Å²) in [7, 11) is 0. The van der Waals surface area contributed by atoms with Crippen molar-refractivity contribution in [2.75, 3.05) is 13.2 Å². The molecular formula is C16H19N3O3. The number of urea groups is 1. The van der Waals surface area contributed by atoms with Crippen molar-refractivity contribution >= 4 is 6.03 Å². The Bertz CT molecular complexity index is 606. The second-order valence-corrected chi connectivity index (χ2v) is 5.24. The van der Waals surface area contributed by atoms with Crippen LogP contribution in [-0.2, 0) is 11.3 Å². The number of amides is 2. The van der Waals surface area contributed by atoms with Crippen LogP contribution in [-0.4, -0.2) is 30.4 Å². The van der Waals surface area contributed by atoms with Crippen molar-refractivity contribution in [3.63, 3.8) is 0 Å². The molecule has 0 radical (unpaired) electrons. The summed E-state index contributed by atoms with van der Waals surface area (Å²) < 4.78 is 10.7. The molecule has 1 saturated heterocycles. The van der Waals surface area contributed by atoms with Crippen molar-refractivity contribution in [1.82, 2.24) is 15.8 Å². The average Bonchev–Trinajstić information content (AvgIpc) is 3.23. The van der Waals surface area contributed by atoms with E-state index in [1.54, 1.807) is 0 Å². The van der Waals surface area contributed by atoms with Crippen LogP contribution in [0.15, 0.2) is 40.9 Å². The molecule has 1 aliphatic heterocycles. The molecule has 2 heterocycles. The van der Waals surface area contributed by atoms with Crippen LogP contribution in [0.1, 0.15) is 18.6 Å². The largest absolute Gasteiger partial charge is 0.376 e. The standard InChI is InChI=1S/C16H19N3O3/c20-16(17-10-13-7-4-8-21-13)18-11-14-9-15(19-22-14)12-5-2-1-3-6-12/h1-3,5-6,9,13H,4,7-8,10-11H2,(H2,17,18,20)/t13-/m0/s1. The topological polar surface area (TPSA) is 76.4 Å². The van der Waals surface area contributed by atoms with Gasteiger partial charge in [-0.3, -0.25) is 0 Å². The van der Waals surface area contributed by atoms with Crippen LogP contribution in [0.4, 0.5) is 4.79 Å². The van der Waals surface area contributed by atoms with E-state index in [-0.39, 0.29) is 12.1 Å². The number of hydrogen-bond acceptors (Lipinski definition) is 4. The molecule has 6 nitrogen and oxygen atoms in total. The highest BCUT2D eigenvalue weighted by Gasteiger charge is 2.16. The Morgan fingerprint density at radius 3 is 2.91 bits per heavy atom. The maximum Gasteiger partial charge on any atom is 0.315 e. The lowest BCUT2D eigenvalue weighted by Gasteiger charge is -2.10. The normalized spacial score (nSPS) is 17.4. The van der Waals surface area contributed by atoms with Crippen LogP contribution in [0, 0.1) is 0 Å². The first-order valence-corrected chi connectivity index (χ1v) is 7.45. The fourth-order valence-electron chi connectivity index (χ4n) is 2.38. The number of nitrogens with one attached hydrogen (secondary N) is 2. The molecule has 22 heavy (non-hydrogen) atoms. The van der Waals surface area contributed by atoms with E-state index in [1.807, 2.05) is 36.4 Å². The van der Waals surface area contributed by atoms with Gasteiger partial charge in [0.05, 0.1) is 12.6 Å². The highest BCUT2D eigenvalue weighted by molar-refractivity contribution is 5.73. The Morgan fingerprint density at radius 2 is 2.14 bits per heavy atom. The summed E-state index contributed by atoms with van der Waals surface area (Å²) in [4.78, 5) is 11.7. The van der Waals surface area contributed by atoms with E-state index < -0.39 is 0 Å². The van der Waals surface area contributed by atoms with Crippen molar-refractivity contribution in [3.05, 3.63) is 42.2 Å². The molecule has 1 aromatic carbocycles. The van der Waals surface area contributed by atoms with Crippen LogP contribution in [0.5, 0.6) is 0 Å². The van der Waals surface area contributed by atoms with E-state index in [0.717, 1.165) is 30.7 Å². The number of nitrogens with zero attached hydrogens (tertiary/aromatic N) is 1. The predicted octanol–water partition coefficient (Wildman–Crippen LogP) is 2.32. The van der Waals surface area contributed by atoms with E-state index in [9.17, 15) is 4.79 Å². The van der Waals surface area contributed by atoms with Gasteiger partial charge in [0.15, 0.2) is 5.76 Å². The Balaban J connectivity index is 1.45. The fraction of sp³-hybridized carbons (Fsp3) is 0.375. The molecule has 116 valence electrons. The first kappa shape index (κ1) is 14.6. The second kappa shape index (κ2) is 7.09. The number of benzene rings is 1. The maximum absolute atomic E-state index is 11.7. The van der Waals surface area contributed by atoms with Gasteiger partial charge in [0.25, 0.3) is 0 Å². The van der Waals surface area contributed by atoms with E-state index in [4.69, 9.17) is 9.26 Å². The van der Waals surface area contributed by atoms with Gasteiger partial charge in [0, 0.05) is 24.8 Å². The molecule has 0 aliphatic carbocycles. The molecule has 0 unspecified atom stereocenters. The van der Waals surface area contributed by atoms with Crippen LogP contribution in [0.3, 0.4) is 0 Å². The van der Waals surface area contributed by atoms with Crippen molar-refractivity contribution in [3.8, 4) is 11.3 Å². The van der Waals surface area contributed by atoms with Crippen LogP contribution >= 0.6 is 0 Å². The minimum atomic E-state index is -0.229. The Morgan fingerprint density at radius 1 is 1.27 bits per heavy atom. The van der Waals surface area contributed by atoms with E-state index in [2.05, 4.69) is 15.8 Å². The van der Waals surface area contributed by atoms with Crippen molar-refractivity contribution in [2.24, 2.45) is 0 Å². The lowest BCUT2D eigenvalue weighted by Crippen LogP contribution is -2.39. The third kappa shape index (κ3) is 3.85. The van der Waals surface area contributed by atoms with Gasteiger partial charge in [-0.2, -0.15) is 0 Å². The number of carbonyl (C=O) groups excluding carboxylic acids is 1. The SMILES string of the molecule is O=C(NCc1cc(-c2ccccc2)no1)NC[C@@H]1CCCO1. The molecule has 3 rings (SSSR count). The van der Waals surface area contributed by atoms with Gasteiger partial charge < -0.3 is 19.9 Å². The average molecular weight is 301 g/mol. The number of ether oxygens (including phenoxy) is 1. The van der Waals surface area contributed by atoms with E-state index >= 15 is 0 Å². The van der Waals surface area contributed by atoms with Gasteiger partial charge in [0.1, 0.15) is 5.69 Å². The van der Waals surface area contributed by atoms with Gasteiger partial charge in [0.2, 0.25) is 0 Å². The molecule has 1 aliphatic rings. The zero-order valence-electron chi connectivity index (χ0n) is 12.2. The molecular weight excluding hydrogens is 282 g/mol. The minimum absolute atomic E-state index is 0.140. The number of hydrogen-bond donors (Lipinski definition) is 2. The highest BCUT2D eigenvalue weighted by Crippen LogP contribution is 2.18. The first-order chi connectivity index (χ1) is 10.8. The highest BCUT2D eigenvalue weighted by atomic mass is 16.5. The maximum atomic E-state index is 11.7. The van der Waals surface area contributed by atoms with E-state index in [0.29, 0.717) is 18.8 Å².